The Morgan fingerprint density at radius 1 is 1.67 bits per heavy atom. The third-order valence-electron chi connectivity index (χ3n) is 1.48. The number of nitrogens with one attached hydrogen (secondary N) is 1. The summed E-state index contributed by atoms with van der Waals surface area (Å²) in [5, 5.41) is 3.07. The maximum Gasteiger partial charge on any atom is 0.0317 e. The van der Waals surface area contributed by atoms with E-state index in [4.69, 9.17) is 0 Å². The van der Waals surface area contributed by atoms with Crippen LogP contribution < -0.4 is 5.32 Å². The van der Waals surface area contributed by atoms with Gasteiger partial charge in [0.2, 0.25) is 0 Å². The Hall–Kier alpha value is -0.120. The number of halogens is 1. The van der Waals surface area contributed by atoms with Crippen molar-refractivity contribution in [2.45, 2.75) is 6.92 Å². The van der Waals surface area contributed by atoms with E-state index < -0.39 is 0 Å². The molecule has 3 heteroatoms. The Bertz CT molecular complexity index is 259. The van der Waals surface area contributed by atoms with E-state index in [1.54, 1.807) is 11.3 Å². The molecule has 1 rings (SSSR count). The molecule has 0 unspecified atom stereocenters. The van der Waals surface area contributed by atoms with Gasteiger partial charge in [-0.15, -0.1) is 11.3 Å². The molecule has 0 aromatic carbocycles. The van der Waals surface area contributed by atoms with Crippen LogP contribution in [0.4, 0.5) is 0 Å². The van der Waals surface area contributed by atoms with Crippen LogP contribution in [-0.4, -0.2) is 13.6 Å². The fourth-order valence-corrected chi connectivity index (χ4v) is 2.35. The number of hydrogen-bond donors (Lipinski definition) is 1. The van der Waals surface area contributed by atoms with Gasteiger partial charge in [-0.2, -0.15) is 0 Å². The summed E-state index contributed by atoms with van der Waals surface area (Å²) < 4.78 is 1.21. The number of aryl methyl sites for hydroxylation is 1. The third kappa shape index (κ3) is 2.73. The summed E-state index contributed by atoms with van der Waals surface area (Å²) in [6, 6.07) is 2.14. The molecular weight excluding hydrogens is 234 g/mol. The van der Waals surface area contributed by atoms with Crippen LogP contribution >= 0.6 is 27.3 Å². The maximum atomic E-state index is 3.49. The van der Waals surface area contributed by atoms with Crippen LogP contribution in [0.3, 0.4) is 0 Å². The Labute approximate surface area is 85.6 Å². The first-order valence-electron chi connectivity index (χ1n) is 3.81. The molecule has 0 spiro atoms. The lowest BCUT2D eigenvalue weighted by molar-refractivity contribution is 0.922. The molecule has 0 bridgehead atoms. The Morgan fingerprint density at radius 2 is 2.42 bits per heavy atom. The van der Waals surface area contributed by atoms with Gasteiger partial charge in [0.25, 0.3) is 0 Å². The van der Waals surface area contributed by atoms with E-state index in [0.717, 1.165) is 6.54 Å². The fraction of sp³-hybridized carbons (Fsp3) is 0.333. The molecular formula is C9H12BrNS. The quantitative estimate of drug-likeness (QED) is 0.864. The van der Waals surface area contributed by atoms with Crippen molar-refractivity contribution in [3.63, 3.8) is 0 Å². The van der Waals surface area contributed by atoms with Gasteiger partial charge in [0.1, 0.15) is 0 Å². The molecule has 1 N–H and O–H groups in total. The van der Waals surface area contributed by atoms with Crippen molar-refractivity contribution < 1.29 is 0 Å². The standard InChI is InChI=1S/C9H12BrNS/c1-7-9(10)6-8(12-7)4-3-5-11-2/h3-4,6,11H,5H2,1-2H3/b4-3+. The molecule has 1 aromatic heterocycles. The second kappa shape index (κ2) is 4.80. The first-order chi connectivity index (χ1) is 5.74. The van der Waals surface area contributed by atoms with E-state index in [1.165, 1.54) is 14.2 Å². The largest absolute Gasteiger partial charge is 0.316 e. The molecule has 0 aliphatic carbocycles. The average Bonchev–Trinajstić information content (AvgIpc) is 2.32. The van der Waals surface area contributed by atoms with Gasteiger partial charge in [-0.25, -0.2) is 0 Å². The third-order valence-corrected chi connectivity index (χ3v) is 3.58. The molecule has 0 aliphatic heterocycles. The van der Waals surface area contributed by atoms with E-state index in [0.29, 0.717) is 0 Å². The average molecular weight is 246 g/mol. The zero-order valence-electron chi connectivity index (χ0n) is 7.23. The highest BCUT2D eigenvalue weighted by Gasteiger charge is 1.98. The van der Waals surface area contributed by atoms with Crippen LogP contribution in [0.15, 0.2) is 16.6 Å². The van der Waals surface area contributed by atoms with Gasteiger partial charge >= 0.3 is 0 Å². The molecule has 66 valence electrons. The second-order valence-electron chi connectivity index (χ2n) is 2.51. The van der Waals surface area contributed by atoms with Gasteiger partial charge < -0.3 is 5.32 Å². The van der Waals surface area contributed by atoms with Crippen LogP contribution in [0.1, 0.15) is 9.75 Å². The van der Waals surface area contributed by atoms with E-state index in [9.17, 15) is 0 Å². The molecule has 0 radical (unpaired) electrons. The monoisotopic (exact) mass is 245 g/mol. The Morgan fingerprint density at radius 3 is 2.92 bits per heavy atom. The number of hydrogen-bond acceptors (Lipinski definition) is 2. The lowest BCUT2D eigenvalue weighted by atomic mass is 10.4. The summed E-state index contributed by atoms with van der Waals surface area (Å²) >= 11 is 5.29. The van der Waals surface area contributed by atoms with Gasteiger partial charge in [-0.3, -0.25) is 0 Å². The van der Waals surface area contributed by atoms with Gasteiger partial charge in [0.15, 0.2) is 0 Å². The summed E-state index contributed by atoms with van der Waals surface area (Å²) in [4.78, 5) is 2.63. The van der Waals surface area contributed by atoms with Crippen molar-refractivity contribution in [1.82, 2.24) is 5.32 Å². The number of thiophene rings is 1. The minimum atomic E-state index is 0.925. The molecule has 0 atom stereocenters. The van der Waals surface area contributed by atoms with Crippen LogP contribution in [0.2, 0.25) is 0 Å². The number of rotatable bonds is 3. The predicted octanol–water partition coefficient (Wildman–Crippen LogP) is 3.05. The highest BCUT2D eigenvalue weighted by atomic mass is 79.9. The molecule has 12 heavy (non-hydrogen) atoms. The zero-order valence-corrected chi connectivity index (χ0v) is 9.63. The van der Waals surface area contributed by atoms with Gasteiger partial charge in [0, 0.05) is 20.8 Å². The van der Waals surface area contributed by atoms with Gasteiger partial charge in [-0.05, 0) is 42.0 Å². The highest BCUT2D eigenvalue weighted by molar-refractivity contribution is 9.10. The minimum Gasteiger partial charge on any atom is -0.316 e. The molecule has 0 amide bonds. The predicted molar refractivity (Wildman–Crippen MR) is 59.7 cm³/mol. The lowest BCUT2D eigenvalue weighted by Crippen LogP contribution is -2.03. The van der Waals surface area contributed by atoms with Crippen LogP contribution in [-0.2, 0) is 0 Å². The fourth-order valence-electron chi connectivity index (χ4n) is 0.857. The van der Waals surface area contributed by atoms with Crippen LogP contribution in [0.5, 0.6) is 0 Å². The minimum absolute atomic E-state index is 0.925. The molecule has 0 fully saturated rings. The second-order valence-corrected chi connectivity index (χ2v) is 4.66. The first-order valence-corrected chi connectivity index (χ1v) is 5.42. The summed E-state index contributed by atoms with van der Waals surface area (Å²) in [6.07, 6.45) is 4.26. The molecule has 1 aromatic rings. The van der Waals surface area contributed by atoms with Gasteiger partial charge in [-0.1, -0.05) is 6.08 Å². The Kier molecular flexibility index (Phi) is 3.98. The van der Waals surface area contributed by atoms with Gasteiger partial charge in [0.05, 0.1) is 0 Å². The van der Waals surface area contributed by atoms with Crippen molar-refractivity contribution in [2.24, 2.45) is 0 Å². The summed E-state index contributed by atoms with van der Waals surface area (Å²) in [7, 11) is 1.94. The maximum absolute atomic E-state index is 3.49. The molecule has 1 nitrogen and oxygen atoms in total. The highest BCUT2D eigenvalue weighted by Crippen LogP contribution is 2.26. The van der Waals surface area contributed by atoms with Crippen molar-refractivity contribution >= 4 is 33.3 Å². The zero-order chi connectivity index (χ0) is 8.97. The smallest absolute Gasteiger partial charge is 0.0317 e. The molecule has 0 saturated carbocycles. The molecule has 0 aliphatic rings. The Balaban J connectivity index is 2.64. The van der Waals surface area contributed by atoms with Crippen molar-refractivity contribution in [1.29, 1.82) is 0 Å². The van der Waals surface area contributed by atoms with Crippen LogP contribution in [0.25, 0.3) is 6.08 Å². The summed E-state index contributed by atoms with van der Waals surface area (Å²) in [6.45, 7) is 3.04. The number of likely N-dealkylation sites (N-methyl/N-ethyl adjacent to an activating group) is 1. The molecule has 1 heterocycles. The SMILES string of the molecule is CNC/C=C/c1cc(Br)c(C)s1. The van der Waals surface area contributed by atoms with E-state index in [-0.39, 0.29) is 0 Å². The normalized spacial score (nSPS) is 11.2. The van der Waals surface area contributed by atoms with Crippen LogP contribution in [0, 0.1) is 6.92 Å². The van der Waals surface area contributed by atoms with Crippen molar-refractivity contribution in [3.8, 4) is 0 Å². The van der Waals surface area contributed by atoms with E-state index in [1.807, 2.05) is 7.05 Å². The van der Waals surface area contributed by atoms with E-state index in [2.05, 4.69) is 46.4 Å². The lowest BCUT2D eigenvalue weighted by Gasteiger charge is -1.86. The summed E-state index contributed by atoms with van der Waals surface area (Å²) in [5.74, 6) is 0. The van der Waals surface area contributed by atoms with Crippen molar-refractivity contribution in [2.75, 3.05) is 13.6 Å². The summed E-state index contributed by atoms with van der Waals surface area (Å²) in [5.41, 5.74) is 0. The van der Waals surface area contributed by atoms with Crippen molar-refractivity contribution in [3.05, 3.63) is 26.4 Å². The topological polar surface area (TPSA) is 12.0 Å². The molecule has 0 saturated heterocycles. The van der Waals surface area contributed by atoms with E-state index >= 15 is 0 Å². The first kappa shape index (κ1) is 9.96.